The third kappa shape index (κ3) is 7.55. The van der Waals surface area contributed by atoms with Gasteiger partial charge in [-0.05, 0) is 38.1 Å². The number of hydrogen-bond donors (Lipinski definition) is 2. The Morgan fingerprint density at radius 3 is 2.43 bits per heavy atom. The number of rotatable bonds is 7. The molecular formula is C14H19F3N2O2. The second kappa shape index (κ2) is 7.87. The first kappa shape index (κ1) is 17.3. The van der Waals surface area contributed by atoms with Gasteiger partial charge in [-0.3, -0.25) is 4.79 Å². The Morgan fingerprint density at radius 1 is 1.29 bits per heavy atom. The van der Waals surface area contributed by atoms with Crippen LogP contribution in [-0.2, 0) is 11.2 Å². The minimum absolute atomic E-state index is 0.0901. The summed E-state index contributed by atoms with van der Waals surface area (Å²) in [7, 11) is 1.81. The fourth-order valence-corrected chi connectivity index (χ4v) is 1.57. The lowest BCUT2D eigenvalue weighted by Gasteiger charge is -2.11. The van der Waals surface area contributed by atoms with Gasteiger partial charge in [0.2, 0.25) is 5.91 Å². The molecular weight excluding hydrogens is 285 g/mol. The van der Waals surface area contributed by atoms with Gasteiger partial charge in [-0.1, -0.05) is 12.1 Å². The Hall–Kier alpha value is -1.76. The highest BCUT2D eigenvalue weighted by Crippen LogP contribution is 2.22. The molecule has 0 bridgehead atoms. The molecule has 0 saturated carbocycles. The van der Waals surface area contributed by atoms with E-state index in [9.17, 15) is 18.0 Å². The van der Waals surface area contributed by atoms with E-state index < -0.39 is 6.36 Å². The van der Waals surface area contributed by atoms with Crippen molar-refractivity contribution in [3.05, 3.63) is 29.8 Å². The van der Waals surface area contributed by atoms with E-state index in [1.165, 1.54) is 24.3 Å². The number of hydrogen-bond acceptors (Lipinski definition) is 3. The van der Waals surface area contributed by atoms with E-state index in [1.807, 2.05) is 6.92 Å². The molecule has 1 aromatic carbocycles. The fraction of sp³-hybridized carbons (Fsp3) is 0.500. The van der Waals surface area contributed by atoms with Crippen LogP contribution in [0, 0.1) is 0 Å². The maximum Gasteiger partial charge on any atom is 0.573 e. The van der Waals surface area contributed by atoms with Crippen molar-refractivity contribution in [3.8, 4) is 5.75 Å². The van der Waals surface area contributed by atoms with E-state index >= 15 is 0 Å². The van der Waals surface area contributed by atoms with Gasteiger partial charge in [-0.15, -0.1) is 13.2 Å². The number of carbonyl (C=O) groups is 1. The van der Waals surface area contributed by atoms with Crippen LogP contribution >= 0.6 is 0 Å². The molecule has 118 valence electrons. The summed E-state index contributed by atoms with van der Waals surface area (Å²) in [5.41, 5.74) is 0.779. The number of nitrogens with one attached hydrogen (secondary N) is 2. The van der Waals surface area contributed by atoms with Gasteiger partial charge < -0.3 is 15.4 Å². The van der Waals surface area contributed by atoms with Crippen LogP contribution in [0.5, 0.6) is 5.75 Å². The standard InChI is InChI=1S/C14H19F3N2O2/c1-10(18-2)9-19-13(20)8-5-11-3-6-12(7-4-11)21-14(15,16)17/h3-4,6-7,10,18H,5,8-9H2,1-2H3,(H,19,20). The van der Waals surface area contributed by atoms with Crippen LogP contribution in [-0.4, -0.2) is 31.9 Å². The number of alkyl halides is 3. The first-order valence-corrected chi connectivity index (χ1v) is 6.59. The summed E-state index contributed by atoms with van der Waals surface area (Å²) in [6.45, 7) is 2.48. The van der Waals surface area contributed by atoms with Crippen LogP contribution in [0.2, 0.25) is 0 Å². The summed E-state index contributed by atoms with van der Waals surface area (Å²) in [5, 5.41) is 5.77. The van der Waals surface area contributed by atoms with Crippen LogP contribution in [0.1, 0.15) is 18.9 Å². The summed E-state index contributed by atoms with van der Waals surface area (Å²) >= 11 is 0. The Balaban J connectivity index is 2.37. The fourth-order valence-electron chi connectivity index (χ4n) is 1.57. The largest absolute Gasteiger partial charge is 0.573 e. The molecule has 1 unspecified atom stereocenters. The van der Waals surface area contributed by atoms with Crippen molar-refractivity contribution in [1.29, 1.82) is 0 Å². The molecule has 1 aromatic rings. The highest BCUT2D eigenvalue weighted by molar-refractivity contribution is 5.76. The number of amides is 1. The molecule has 1 rings (SSSR count). The van der Waals surface area contributed by atoms with E-state index in [4.69, 9.17) is 0 Å². The van der Waals surface area contributed by atoms with Crippen molar-refractivity contribution in [1.82, 2.24) is 10.6 Å². The van der Waals surface area contributed by atoms with Crippen LogP contribution in [0.15, 0.2) is 24.3 Å². The minimum Gasteiger partial charge on any atom is -0.406 e. The van der Waals surface area contributed by atoms with Crippen LogP contribution in [0.25, 0.3) is 0 Å². The van der Waals surface area contributed by atoms with Crippen molar-refractivity contribution < 1.29 is 22.7 Å². The van der Waals surface area contributed by atoms with Gasteiger partial charge in [0.15, 0.2) is 0 Å². The highest BCUT2D eigenvalue weighted by Gasteiger charge is 2.30. The second-order valence-corrected chi connectivity index (χ2v) is 4.69. The van der Waals surface area contributed by atoms with E-state index in [2.05, 4.69) is 15.4 Å². The zero-order valence-electron chi connectivity index (χ0n) is 12.0. The van der Waals surface area contributed by atoms with Gasteiger partial charge in [0.1, 0.15) is 5.75 Å². The predicted octanol–water partition coefficient (Wildman–Crippen LogP) is 2.24. The van der Waals surface area contributed by atoms with Crippen LogP contribution in [0.3, 0.4) is 0 Å². The predicted molar refractivity (Wildman–Crippen MR) is 73.0 cm³/mol. The average molecular weight is 304 g/mol. The average Bonchev–Trinajstić information content (AvgIpc) is 2.42. The Morgan fingerprint density at radius 2 is 1.90 bits per heavy atom. The van der Waals surface area contributed by atoms with E-state index in [1.54, 1.807) is 7.05 Å². The normalized spacial score (nSPS) is 12.8. The Kier molecular flexibility index (Phi) is 6.48. The first-order valence-electron chi connectivity index (χ1n) is 6.59. The molecule has 0 fully saturated rings. The molecule has 2 N–H and O–H groups in total. The molecule has 0 aliphatic carbocycles. The number of likely N-dealkylation sites (N-methyl/N-ethyl adjacent to an activating group) is 1. The van der Waals surface area contributed by atoms with Crippen LogP contribution in [0.4, 0.5) is 13.2 Å². The van der Waals surface area contributed by atoms with E-state index in [-0.39, 0.29) is 24.1 Å². The van der Waals surface area contributed by atoms with Crippen molar-refractivity contribution >= 4 is 5.91 Å². The molecule has 0 saturated heterocycles. The molecule has 0 aliphatic heterocycles. The molecule has 21 heavy (non-hydrogen) atoms. The van der Waals surface area contributed by atoms with Gasteiger partial charge in [0.05, 0.1) is 0 Å². The highest BCUT2D eigenvalue weighted by atomic mass is 19.4. The SMILES string of the molecule is CNC(C)CNC(=O)CCc1ccc(OC(F)(F)F)cc1. The molecule has 7 heteroatoms. The zero-order valence-corrected chi connectivity index (χ0v) is 12.0. The van der Waals surface area contributed by atoms with Crippen LogP contribution < -0.4 is 15.4 Å². The molecule has 4 nitrogen and oxygen atoms in total. The van der Waals surface area contributed by atoms with Crippen molar-refractivity contribution in [2.45, 2.75) is 32.2 Å². The number of halogens is 3. The maximum absolute atomic E-state index is 12.0. The molecule has 0 aliphatic rings. The molecule has 0 aromatic heterocycles. The quantitative estimate of drug-likeness (QED) is 0.812. The third-order valence-corrected chi connectivity index (χ3v) is 2.90. The molecule has 0 spiro atoms. The summed E-state index contributed by atoms with van der Waals surface area (Å²) in [4.78, 5) is 11.6. The van der Waals surface area contributed by atoms with Gasteiger partial charge in [0.25, 0.3) is 0 Å². The summed E-state index contributed by atoms with van der Waals surface area (Å²) in [5.74, 6) is -0.355. The Labute approximate surface area is 121 Å². The maximum atomic E-state index is 12.0. The number of aryl methyl sites for hydroxylation is 1. The smallest absolute Gasteiger partial charge is 0.406 e. The number of ether oxygens (including phenoxy) is 1. The second-order valence-electron chi connectivity index (χ2n) is 4.69. The topological polar surface area (TPSA) is 50.4 Å². The van der Waals surface area contributed by atoms with Crippen molar-refractivity contribution in [3.63, 3.8) is 0 Å². The van der Waals surface area contributed by atoms with E-state index in [0.717, 1.165) is 5.56 Å². The van der Waals surface area contributed by atoms with Crippen molar-refractivity contribution in [2.75, 3.05) is 13.6 Å². The Bertz CT molecular complexity index is 447. The lowest BCUT2D eigenvalue weighted by molar-refractivity contribution is -0.274. The van der Waals surface area contributed by atoms with E-state index in [0.29, 0.717) is 13.0 Å². The first-order chi connectivity index (χ1) is 9.80. The van der Waals surface area contributed by atoms with Gasteiger partial charge in [-0.25, -0.2) is 0 Å². The minimum atomic E-state index is -4.69. The zero-order chi connectivity index (χ0) is 15.9. The van der Waals surface area contributed by atoms with Crippen molar-refractivity contribution in [2.24, 2.45) is 0 Å². The van der Waals surface area contributed by atoms with Gasteiger partial charge in [-0.2, -0.15) is 0 Å². The van der Waals surface area contributed by atoms with Gasteiger partial charge >= 0.3 is 6.36 Å². The summed E-state index contributed by atoms with van der Waals surface area (Å²) < 4.78 is 39.8. The monoisotopic (exact) mass is 304 g/mol. The molecule has 1 amide bonds. The number of carbonyl (C=O) groups excluding carboxylic acids is 1. The molecule has 1 atom stereocenters. The molecule has 0 radical (unpaired) electrons. The summed E-state index contributed by atoms with van der Waals surface area (Å²) in [6.07, 6.45) is -3.94. The molecule has 0 heterocycles. The third-order valence-electron chi connectivity index (χ3n) is 2.90. The summed E-state index contributed by atoms with van der Waals surface area (Å²) in [6, 6.07) is 5.70. The van der Waals surface area contributed by atoms with Gasteiger partial charge in [0, 0.05) is 19.0 Å². The number of benzene rings is 1. The lowest BCUT2D eigenvalue weighted by atomic mass is 10.1. The lowest BCUT2D eigenvalue weighted by Crippen LogP contribution is -2.37.